The Hall–Kier alpha value is -0.420. The van der Waals surface area contributed by atoms with Crippen LogP contribution in [0.2, 0.25) is 0 Å². The van der Waals surface area contributed by atoms with Crippen molar-refractivity contribution in [3.63, 3.8) is 0 Å². The molecular formula is C15H30N2O2. The van der Waals surface area contributed by atoms with Gasteiger partial charge < -0.3 is 15.5 Å². The van der Waals surface area contributed by atoms with Crippen LogP contribution < -0.4 is 5.32 Å². The van der Waals surface area contributed by atoms with E-state index in [9.17, 15) is 10.2 Å². The van der Waals surface area contributed by atoms with E-state index in [2.05, 4.69) is 30.1 Å². The molecule has 0 bridgehead atoms. The van der Waals surface area contributed by atoms with Crippen LogP contribution in [0.4, 0.5) is 0 Å². The highest BCUT2D eigenvalue weighted by molar-refractivity contribution is 4.96. The number of hydrogen-bond donors (Lipinski definition) is 3. The summed E-state index contributed by atoms with van der Waals surface area (Å²) < 4.78 is 0. The number of allylic oxidation sites excluding steroid dienone is 1. The predicted molar refractivity (Wildman–Crippen MR) is 79.2 cm³/mol. The minimum absolute atomic E-state index is 0.00200. The molecule has 0 spiro atoms. The van der Waals surface area contributed by atoms with Crippen LogP contribution >= 0.6 is 0 Å². The molecule has 0 aromatic carbocycles. The molecule has 0 aromatic rings. The van der Waals surface area contributed by atoms with Gasteiger partial charge in [0.05, 0.1) is 18.8 Å². The quantitative estimate of drug-likeness (QED) is 0.607. The van der Waals surface area contributed by atoms with E-state index in [4.69, 9.17) is 0 Å². The molecule has 1 aliphatic heterocycles. The van der Waals surface area contributed by atoms with Crippen LogP contribution in [-0.4, -0.2) is 59.5 Å². The lowest BCUT2D eigenvalue weighted by Crippen LogP contribution is -2.57. The summed E-state index contributed by atoms with van der Waals surface area (Å²) in [5, 5.41) is 22.4. The van der Waals surface area contributed by atoms with Crippen molar-refractivity contribution in [3.8, 4) is 0 Å². The van der Waals surface area contributed by atoms with Gasteiger partial charge in [0, 0.05) is 12.6 Å². The second-order valence-electron chi connectivity index (χ2n) is 5.95. The third-order valence-electron chi connectivity index (χ3n) is 4.14. The van der Waals surface area contributed by atoms with Crippen molar-refractivity contribution < 1.29 is 10.2 Å². The maximum absolute atomic E-state index is 9.46. The minimum atomic E-state index is -0.507. The molecule has 0 unspecified atom stereocenters. The number of aliphatic hydroxyl groups excluding tert-OH is 2. The maximum Gasteiger partial charge on any atom is 0.0647 e. The summed E-state index contributed by atoms with van der Waals surface area (Å²) in [5.74, 6) is 0. The molecule has 1 saturated heterocycles. The lowest BCUT2D eigenvalue weighted by Gasteiger charge is -2.39. The first kappa shape index (κ1) is 16.6. The summed E-state index contributed by atoms with van der Waals surface area (Å²) in [6.07, 6.45) is 5.18. The molecule has 1 aliphatic rings. The van der Waals surface area contributed by atoms with Crippen molar-refractivity contribution in [2.45, 2.75) is 51.6 Å². The molecule has 0 amide bonds. The molecule has 1 heterocycles. The van der Waals surface area contributed by atoms with Crippen molar-refractivity contribution in [2.24, 2.45) is 0 Å². The number of nitrogens with one attached hydrogen (secondary N) is 1. The van der Waals surface area contributed by atoms with Crippen LogP contribution in [0.5, 0.6) is 0 Å². The molecule has 1 rings (SSSR count). The van der Waals surface area contributed by atoms with E-state index in [0.29, 0.717) is 6.04 Å². The lowest BCUT2D eigenvalue weighted by atomic mass is 9.94. The average molecular weight is 270 g/mol. The smallest absolute Gasteiger partial charge is 0.0647 e. The molecule has 1 fully saturated rings. The third-order valence-corrected chi connectivity index (χ3v) is 4.14. The van der Waals surface area contributed by atoms with Crippen LogP contribution in [0.3, 0.4) is 0 Å². The normalized spacial score (nSPS) is 18.6. The largest absolute Gasteiger partial charge is 0.394 e. The fourth-order valence-electron chi connectivity index (χ4n) is 2.47. The van der Waals surface area contributed by atoms with Crippen molar-refractivity contribution in [1.82, 2.24) is 10.2 Å². The Balaban J connectivity index is 2.39. The van der Waals surface area contributed by atoms with Crippen LogP contribution in [0, 0.1) is 0 Å². The minimum Gasteiger partial charge on any atom is -0.394 e. The predicted octanol–water partition coefficient (Wildman–Crippen LogP) is 1.14. The van der Waals surface area contributed by atoms with Crippen LogP contribution in [0.1, 0.15) is 40.0 Å². The second-order valence-corrected chi connectivity index (χ2v) is 5.95. The highest BCUT2D eigenvalue weighted by Crippen LogP contribution is 2.16. The maximum atomic E-state index is 9.46. The van der Waals surface area contributed by atoms with E-state index in [1.807, 2.05) is 6.92 Å². The molecule has 0 aliphatic carbocycles. The zero-order valence-corrected chi connectivity index (χ0v) is 12.7. The summed E-state index contributed by atoms with van der Waals surface area (Å²) in [5.41, 5.74) is 0.859. The Morgan fingerprint density at radius 3 is 2.26 bits per heavy atom. The van der Waals surface area contributed by atoms with E-state index in [-0.39, 0.29) is 13.2 Å². The number of rotatable bonds is 7. The Kier molecular flexibility index (Phi) is 7.00. The number of nitrogens with zero attached hydrogens (tertiary/aromatic N) is 1. The van der Waals surface area contributed by atoms with Gasteiger partial charge in [-0.15, -0.1) is 0 Å². The number of aliphatic hydroxyl groups is 2. The van der Waals surface area contributed by atoms with Crippen molar-refractivity contribution >= 4 is 0 Å². The van der Waals surface area contributed by atoms with Gasteiger partial charge in [0.2, 0.25) is 0 Å². The summed E-state index contributed by atoms with van der Waals surface area (Å²) in [6.45, 7) is 9.46. The zero-order valence-electron chi connectivity index (χ0n) is 12.7. The lowest BCUT2D eigenvalue weighted by molar-refractivity contribution is 0.0664. The first-order valence-electron chi connectivity index (χ1n) is 7.40. The van der Waals surface area contributed by atoms with E-state index in [1.165, 1.54) is 5.57 Å². The first-order chi connectivity index (χ1) is 9.05. The summed E-state index contributed by atoms with van der Waals surface area (Å²) in [6, 6.07) is 0.405. The molecule has 112 valence electrons. The fourth-order valence-corrected chi connectivity index (χ4v) is 2.47. The van der Waals surface area contributed by atoms with Gasteiger partial charge in [-0.25, -0.2) is 0 Å². The van der Waals surface area contributed by atoms with Gasteiger partial charge in [0.25, 0.3) is 0 Å². The highest BCUT2D eigenvalue weighted by Gasteiger charge is 2.30. The zero-order chi connectivity index (χ0) is 14.3. The standard InChI is InChI=1S/C15H30N2O2/c1-4-15(11-18,12-19)16-14-6-9-17(10-7-14)8-5-13(2)3/h5,14,16,18-19H,4,6-12H2,1-3H3. The number of piperidine rings is 1. The molecular weight excluding hydrogens is 240 g/mol. The molecule has 19 heavy (non-hydrogen) atoms. The van der Waals surface area contributed by atoms with Gasteiger partial charge in [-0.2, -0.15) is 0 Å². The highest BCUT2D eigenvalue weighted by atomic mass is 16.3. The van der Waals surface area contributed by atoms with E-state index in [1.54, 1.807) is 0 Å². The van der Waals surface area contributed by atoms with Gasteiger partial charge in [-0.3, -0.25) is 4.90 Å². The van der Waals surface area contributed by atoms with Crippen LogP contribution in [0.25, 0.3) is 0 Å². The molecule has 4 heteroatoms. The van der Waals surface area contributed by atoms with Crippen molar-refractivity contribution in [2.75, 3.05) is 32.8 Å². The first-order valence-corrected chi connectivity index (χ1v) is 7.40. The number of hydrogen-bond acceptors (Lipinski definition) is 4. The van der Waals surface area contributed by atoms with Crippen molar-refractivity contribution in [1.29, 1.82) is 0 Å². The molecule has 0 radical (unpaired) electrons. The summed E-state index contributed by atoms with van der Waals surface area (Å²) in [4.78, 5) is 2.46. The Bertz CT molecular complexity index is 268. The third kappa shape index (κ3) is 5.22. The summed E-state index contributed by atoms with van der Waals surface area (Å²) >= 11 is 0. The second kappa shape index (κ2) is 8.00. The van der Waals surface area contributed by atoms with Gasteiger partial charge in [0.15, 0.2) is 0 Å². The number of likely N-dealkylation sites (tertiary alicyclic amines) is 1. The van der Waals surface area contributed by atoms with Gasteiger partial charge in [-0.1, -0.05) is 18.6 Å². The van der Waals surface area contributed by atoms with Gasteiger partial charge in [-0.05, 0) is 46.2 Å². The molecule has 0 saturated carbocycles. The van der Waals surface area contributed by atoms with Gasteiger partial charge >= 0.3 is 0 Å². The van der Waals surface area contributed by atoms with E-state index >= 15 is 0 Å². The fraction of sp³-hybridized carbons (Fsp3) is 0.867. The Morgan fingerprint density at radius 1 is 1.26 bits per heavy atom. The van der Waals surface area contributed by atoms with Gasteiger partial charge in [0.1, 0.15) is 0 Å². The van der Waals surface area contributed by atoms with Crippen LogP contribution in [-0.2, 0) is 0 Å². The topological polar surface area (TPSA) is 55.7 Å². The van der Waals surface area contributed by atoms with E-state index < -0.39 is 5.54 Å². The molecule has 0 aromatic heterocycles. The Morgan fingerprint density at radius 2 is 1.84 bits per heavy atom. The van der Waals surface area contributed by atoms with E-state index in [0.717, 1.165) is 38.9 Å². The monoisotopic (exact) mass is 270 g/mol. The SMILES string of the molecule is CCC(CO)(CO)NC1CCN(CC=C(C)C)CC1. The molecule has 4 nitrogen and oxygen atoms in total. The van der Waals surface area contributed by atoms with Crippen molar-refractivity contribution in [3.05, 3.63) is 11.6 Å². The van der Waals surface area contributed by atoms with Crippen LogP contribution in [0.15, 0.2) is 11.6 Å². The molecule has 0 atom stereocenters. The molecule has 3 N–H and O–H groups in total. The average Bonchev–Trinajstić information content (AvgIpc) is 2.44. The summed E-state index contributed by atoms with van der Waals surface area (Å²) in [7, 11) is 0. The Labute approximate surface area is 117 Å².